The average molecular weight is 317 g/mol. The van der Waals surface area contributed by atoms with Gasteiger partial charge in [-0.15, -0.1) is 12.4 Å². The number of nitrogens with zero attached hydrogens (tertiary/aromatic N) is 1. The molecule has 2 fully saturated rings. The van der Waals surface area contributed by atoms with E-state index in [1.165, 1.54) is 38.5 Å². The van der Waals surface area contributed by atoms with Crippen molar-refractivity contribution in [2.24, 2.45) is 5.92 Å². The molecule has 0 saturated carbocycles. The van der Waals surface area contributed by atoms with Gasteiger partial charge in [-0.1, -0.05) is 19.8 Å². The van der Waals surface area contributed by atoms with Gasteiger partial charge < -0.3 is 10.2 Å². The lowest BCUT2D eigenvalue weighted by atomic mass is 9.89. The Balaban J connectivity index is 0.00000220. The lowest BCUT2D eigenvalue weighted by Gasteiger charge is -2.32. The fourth-order valence-electron chi connectivity index (χ4n) is 3.91. The van der Waals surface area contributed by atoms with E-state index >= 15 is 0 Å². The SMILES string of the molecule is CCCCCN(C(=O)CC1CC2CCC(C1)N2)C(C)C.Cl. The molecule has 0 aromatic heterocycles. The second-order valence-electron chi connectivity index (χ2n) is 7.07. The molecule has 1 amide bonds. The zero-order valence-corrected chi connectivity index (χ0v) is 14.8. The van der Waals surface area contributed by atoms with Crippen LogP contribution in [-0.2, 0) is 4.79 Å². The average Bonchev–Trinajstić information content (AvgIpc) is 2.73. The van der Waals surface area contributed by atoms with Gasteiger partial charge in [-0.05, 0) is 51.9 Å². The molecule has 2 aliphatic rings. The first-order chi connectivity index (χ1) is 9.60. The number of hydrogen-bond donors (Lipinski definition) is 1. The highest BCUT2D eigenvalue weighted by molar-refractivity contribution is 5.85. The summed E-state index contributed by atoms with van der Waals surface area (Å²) in [5.74, 6) is 1.01. The summed E-state index contributed by atoms with van der Waals surface area (Å²) in [6, 6.07) is 1.73. The normalized spacial score (nSPS) is 27.5. The van der Waals surface area contributed by atoms with Crippen molar-refractivity contribution in [3.8, 4) is 0 Å². The fraction of sp³-hybridized carbons (Fsp3) is 0.941. The number of nitrogens with one attached hydrogen (secondary N) is 1. The van der Waals surface area contributed by atoms with Gasteiger partial charge in [0.05, 0.1) is 0 Å². The molecule has 1 N–H and O–H groups in total. The van der Waals surface area contributed by atoms with Crippen molar-refractivity contribution in [2.45, 2.75) is 90.3 Å². The van der Waals surface area contributed by atoms with Gasteiger partial charge in [-0.25, -0.2) is 0 Å². The Kier molecular flexibility index (Phi) is 8.04. The first kappa shape index (κ1) is 18.8. The third-order valence-corrected chi connectivity index (χ3v) is 4.98. The van der Waals surface area contributed by atoms with Gasteiger partial charge in [0.25, 0.3) is 0 Å². The Morgan fingerprint density at radius 2 is 1.81 bits per heavy atom. The topological polar surface area (TPSA) is 32.3 Å². The molecule has 2 heterocycles. The maximum Gasteiger partial charge on any atom is 0.223 e. The van der Waals surface area contributed by atoms with Crippen LogP contribution >= 0.6 is 12.4 Å². The lowest BCUT2D eigenvalue weighted by Crippen LogP contribution is -2.42. The predicted molar refractivity (Wildman–Crippen MR) is 90.9 cm³/mol. The Morgan fingerprint density at radius 1 is 1.19 bits per heavy atom. The number of hydrogen-bond acceptors (Lipinski definition) is 2. The molecule has 3 nitrogen and oxygen atoms in total. The van der Waals surface area contributed by atoms with Crippen molar-refractivity contribution in [2.75, 3.05) is 6.54 Å². The summed E-state index contributed by atoms with van der Waals surface area (Å²) in [7, 11) is 0. The Hall–Kier alpha value is -0.280. The van der Waals surface area contributed by atoms with E-state index in [1.807, 2.05) is 0 Å². The summed E-state index contributed by atoms with van der Waals surface area (Å²) in [5.41, 5.74) is 0. The van der Waals surface area contributed by atoms with Crippen LogP contribution in [0.2, 0.25) is 0 Å². The van der Waals surface area contributed by atoms with E-state index in [9.17, 15) is 4.79 Å². The van der Waals surface area contributed by atoms with E-state index in [4.69, 9.17) is 0 Å². The Bertz CT molecular complexity index is 310. The number of amides is 1. The van der Waals surface area contributed by atoms with Crippen molar-refractivity contribution in [1.29, 1.82) is 0 Å². The van der Waals surface area contributed by atoms with Crippen LogP contribution in [0.5, 0.6) is 0 Å². The first-order valence-electron chi connectivity index (χ1n) is 8.65. The Morgan fingerprint density at radius 3 is 2.33 bits per heavy atom. The van der Waals surface area contributed by atoms with E-state index in [-0.39, 0.29) is 12.4 Å². The third kappa shape index (κ3) is 5.45. The smallest absolute Gasteiger partial charge is 0.223 e. The molecule has 124 valence electrons. The highest BCUT2D eigenvalue weighted by Crippen LogP contribution is 2.33. The van der Waals surface area contributed by atoms with E-state index in [1.54, 1.807) is 0 Å². The molecule has 2 rings (SSSR count). The largest absolute Gasteiger partial charge is 0.340 e. The molecular weight excluding hydrogens is 284 g/mol. The second-order valence-corrected chi connectivity index (χ2v) is 7.07. The van der Waals surface area contributed by atoms with Crippen LogP contribution in [0.4, 0.5) is 0 Å². The quantitative estimate of drug-likeness (QED) is 0.725. The lowest BCUT2D eigenvalue weighted by molar-refractivity contribution is -0.134. The van der Waals surface area contributed by atoms with E-state index < -0.39 is 0 Å². The summed E-state index contributed by atoms with van der Waals surface area (Å²) in [6.07, 6.45) is 9.44. The van der Waals surface area contributed by atoms with Crippen molar-refractivity contribution < 1.29 is 4.79 Å². The summed E-state index contributed by atoms with van der Waals surface area (Å²) >= 11 is 0. The highest BCUT2D eigenvalue weighted by Gasteiger charge is 2.34. The number of piperidine rings is 1. The minimum Gasteiger partial charge on any atom is -0.340 e. The van der Waals surface area contributed by atoms with Crippen molar-refractivity contribution in [1.82, 2.24) is 10.2 Å². The highest BCUT2D eigenvalue weighted by atomic mass is 35.5. The van der Waals surface area contributed by atoms with Crippen LogP contribution in [0.3, 0.4) is 0 Å². The number of fused-ring (bicyclic) bond motifs is 2. The van der Waals surface area contributed by atoms with Gasteiger partial charge in [-0.2, -0.15) is 0 Å². The molecule has 0 aromatic rings. The summed E-state index contributed by atoms with van der Waals surface area (Å²) in [5, 5.41) is 3.66. The minimum absolute atomic E-state index is 0. The van der Waals surface area contributed by atoms with Crippen LogP contribution in [0, 0.1) is 5.92 Å². The van der Waals surface area contributed by atoms with Crippen LogP contribution in [0.15, 0.2) is 0 Å². The zero-order valence-electron chi connectivity index (χ0n) is 13.9. The molecule has 21 heavy (non-hydrogen) atoms. The van der Waals surface area contributed by atoms with Gasteiger partial charge in [0, 0.05) is 31.1 Å². The van der Waals surface area contributed by atoms with Crippen LogP contribution < -0.4 is 5.32 Å². The van der Waals surface area contributed by atoms with Gasteiger partial charge >= 0.3 is 0 Å². The molecule has 0 spiro atoms. The zero-order chi connectivity index (χ0) is 14.5. The van der Waals surface area contributed by atoms with Gasteiger partial charge in [0.1, 0.15) is 0 Å². The van der Waals surface area contributed by atoms with Crippen molar-refractivity contribution >= 4 is 18.3 Å². The number of halogens is 1. The van der Waals surface area contributed by atoms with Crippen LogP contribution in [-0.4, -0.2) is 35.5 Å². The van der Waals surface area contributed by atoms with Crippen molar-refractivity contribution in [3.05, 3.63) is 0 Å². The van der Waals surface area contributed by atoms with Gasteiger partial charge in [0.2, 0.25) is 5.91 Å². The molecule has 0 aliphatic carbocycles. The monoisotopic (exact) mass is 316 g/mol. The summed E-state index contributed by atoms with van der Waals surface area (Å²) in [6.45, 7) is 7.46. The number of unbranched alkanes of at least 4 members (excludes halogenated alkanes) is 2. The minimum atomic E-state index is 0. The first-order valence-corrected chi connectivity index (χ1v) is 8.65. The van der Waals surface area contributed by atoms with Crippen LogP contribution in [0.25, 0.3) is 0 Å². The number of carbonyl (C=O) groups excluding carboxylic acids is 1. The molecule has 2 bridgehead atoms. The van der Waals surface area contributed by atoms with E-state index in [2.05, 4.69) is 31.0 Å². The molecule has 2 atom stereocenters. The van der Waals surface area contributed by atoms with Crippen LogP contribution in [0.1, 0.15) is 72.1 Å². The predicted octanol–water partition coefficient (Wildman–Crippen LogP) is 3.76. The summed E-state index contributed by atoms with van der Waals surface area (Å²) < 4.78 is 0. The van der Waals surface area contributed by atoms with Gasteiger partial charge in [0.15, 0.2) is 0 Å². The molecule has 2 unspecified atom stereocenters. The van der Waals surface area contributed by atoms with E-state index in [0.29, 0.717) is 30.0 Å². The molecular formula is C17H33ClN2O. The number of carbonyl (C=O) groups is 1. The standard InChI is InChI=1S/C17H32N2O.ClH/c1-4-5-6-9-19(13(2)3)17(20)12-14-10-15-7-8-16(11-14)18-15;/h13-16,18H,4-12H2,1-3H3;1H. The molecule has 2 saturated heterocycles. The van der Waals surface area contributed by atoms with E-state index in [0.717, 1.165) is 19.4 Å². The van der Waals surface area contributed by atoms with Crippen molar-refractivity contribution in [3.63, 3.8) is 0 Å². The van der Waals surface area contributed by atoms with Gasteiger partial charge in [-0.3, -0.25) is 4.79 Å². The Labute approximate surface area is 136 Å². The number of rotatable bonds is 7. The second kappa shape index (κ2) is 8.99. The molecule has 0 aromatic carbocycles. The molecule has 4 heteroatoms. The maximum absolute atomic E-state index is 12.6. The maximum atomic E-state index is 12.6. The molecule has 2 aliphatic heterocycles. The third-order valence-electron chi connectivity index (χ3n) is 4.98. The fourth-order valence-corrected chi connectivity index (χ4v) is 3.91. The molecule has 0 radical (unpaired) electrons. The summed E-state index contributed by atoms with van der Waals surface area (Å²) in [4.78, 5) is 14.7.